The van der Waals surface area contributed by atoms with E-state index in [1.165, 1.54) is 6.07 Å². The van der Waals surface area contributed by atoms with Crippen LogP contribution in [0.2, 0.25) is 0 Å². The summed E-state index contributed by atoms with van der Waals surface area (Å²) in [7, 11) is 1.55. The average molecular weight is 181 g/mol. The Hall–Kier alpha value is -1.51. The van der Waals surface area contributed by atoms with E-state index in [0.717, 1.165) is 0 Å². The van der Waals surface area contributed by atoms with E-state index in [1.807, 2.05) is 0 Å². The molecule has 0 atom stereocenters. The molecule has 2 nitrogen and oxygen atoms in total. The van der Waals surface area contributed by atoms with Crippen molar-refractivity contribution in [2.45, 2.75) is 0 Å². The minimum absolute atomic E-state index is 0.289. The van der Waals surface area contributed by atoms with E-state index >= 15 is 0 Å². The Bertz CT molecular complexity index is 299. The molecule has 0 bridgehead atoms. The first-order chi connectivity index (χ1) is 6.27. The molecule has 0 spiro atoms. The predicted molar refractivity (Wildman–Crippen MR) is 51.6 cm³/mol. The van der Waals surface area contributed by atoms with E-state index in [1.54, 1.807) is 25.3 Å². The molecule has 0 saturated heterocycles. The molecule has 0 aliphatic carbocycles. The Labute approximate surface area is 77.0 Å². The summed E-state index contributed by atoms with van der Waals surface area (Å²) in [5, 5.41) is 2.86. The van der Waals surface area contributed by atoms with Crippen molar-refractivity contribution in [2.75, 3.05) is 19.0 Å². The molecule has 1 N–H and O–H groups in total. The van der Waals surface area contributed by atoms with Crippen molar-refractivity contribution in [3.05, 3.63) is 36.7 Å². The van der Waals surface area contributed by atoms with Gasteiger partial charge in [-0.25, -0.2) is 4.39 Å². The van der Waals surface area contributed by atoms with Crippen LogP contribution >= 0.6 is 0 Å². The highest BCUT2D eigenvalue weighted by atomic mass is 19.1. The molecule has 13 heavy (non-hydrogen) atoms. The lowest BCUT2D eigenvalue weighted by Gasteiger charge is -2.06. The lowest BCUT2D eigenvalue weighted by atomic mass is 10.3. The zero-order valence-electron chi connectivity index (χ0n) is 7.51. The standard InChI is InChI=1S/C10H12FNO/c1-3-6-12-10-7-8(13-2)4-5-9(10)11/h3-5,7,12H,1,6H2,2H3. The second-order valence-electron chi connectivity index (χ2n) is 2.52. The fourth-order valence-corrected chi connectivity index (χ4v) is 0.949. The van der Waals surface area contributed by atoms with Crippen LogP contribution in [0, 0.1) is 5.82 Å². The van der Waals surface area contributed by atoms with Gasteiger partial charge in [-0.1, -0.05) is 6.08 Å². The molecule has 1 rings (SSSR count). The number of anilines is 1. The van der Waals surface area contributed by atoms with Gasteiger partial charge in [-0.05, 0) is 12.1 Å². The predicted octanol–water partition coefficient (Wildman–Crippen LogP) is 2.43. The summed E-state index contributed by atoms with van der Waals surface area (Å²) in [5.74, 6) is 0.343. The fourth-order valence-electron chi connectivity index (χ4n) is 0.949. The fraction of sp³-hybridized carbons (Fsp3) is 0.200. The molecule has 3 heteroatoms. The SMILES string of the molecule is C=CCNc1cc(OC)ccc1F. The quantitative estimate of drug-likeness (QED) is 0.720. The van der Waals surface area contributed by atoms with Crippen molar-refractivity contribution >= 4 is 5.69 Å². The van der Waals surface area contributed by atoms with Gasteiger partial charge in [-0.3, -0.25) is 0 Å². The van der Waals surface area contributed by atoms with E-state index < -0.39 is 0 Å². The van der Waals surface area contributed by atoms with E-state index in [0.29, 0.717) is 18.0 Å². The average Bonchev–Trinajstić information content (AvgIpc) is 2.17. The van der Waals surface area contributed by atoms with Gasteiger partial charge in [-0.2, -0.15) is 0 Å². The number of benzene rings is 1. The lowest BCUT2D eigenvalue weighted by Crippen LogP contribution is -2.00. The highest BCUT2D eigenvalue weighted by Gasteiger charge is 2.01. The monoisotopic (exact) mass is 181 g/mol. The summed E-state index contributed by atoms with van der Waals surface area (Å²) in [6, 6.07) is 4.55. The van der Waals surface area contributed by atoms with Gasteiger partial charge in [0, 0.05) is 12.6 Å². The highest BCUT2D eigenvalue weighted by Crippen LogP contribution is 2.20. The van der Waals surface area contributed by atoms with Crippen LogP contribution in [0.5, 0.6) is 5.75 Å². The third-order valence-corrected chi connectivity index (χ3v) is 1.61. The molecule has 0 radical (unpaired) electrons. The summed E-state index contributed by atoms with van der Waals surface area (Å²) >= 11 is 0. The zero-order chi connectivity index (χ0) is 9.68. The molecule has 0 aliphatic heterocycles. The third kappa shape index (κ3) is 2.47. The van der Waals surface area contributed by atoms with Gasteiger partial charge in [0.05, 0.1) is 12.8 Å². The third-order valence-electron chi connectivity index (χ3n) is 1.61. The van der Waals surface area contributed by atoms with E-state index in [4.69, 9.17) is 4.74 Å². The molecule has 0 fully saturated rings. The van der Waals surface area contributed by atoms with Crippen LogP contribution in [-0.2, 0) is 0 Å². The van der Waals surface area contributed by atoms with Crippen LogP contribution in [0.4, 0.5) is 10.1 Å². The molecule has 0 aliphatic rings. The smallest absolute Gasteiger partial charge is 0.146 e. The summed E-state index contributed by atoms with van der Waals surface area (Å²) in [6.07, 6.45) is 1.67. The number of ether oxygens (including phenoxy) is 1. The Morgan fingerprint density at radius 2 is 2.38 bits per heavy atom. The highest BCUT2D eigenvalue weighted by molar-refractivity contribution is 5.49. The summed E-state index contributed by atoms with van der Waals surface area (Å²) in [4.78, 5) is 0. The first kappa shape index (κ1) is 9.58. The van der Waals surface area contributed by atoms with Gasteiger partial charge in [0.25, 0.3) is 0 Å². The minimum Gasteiger partial charge on any atom is -0.497 e. The molecular weight excluding hydrogens is 169 g/mol. The maximum atomic E-state index is 13.1. The van der Waals surface area contributed by atoms with Crippen LogP contribution in [0.25, 0.3) is 0 Å². The van der Waals surface area contributed by atoms with Crippen molar-refractivity contribution < 1.29 is 9.13 Å². The molecule has 70 valence electrons. The van der Waals surface area contributed by atoms with Crippen molar-refractivity contribution in [1.29, 1.82) is 0 Å². The van der Waals surface area contributed by atoms with Gasteiger partial charge in [0.15, 0.2) is 0 Å². The molecular formula is C10H12FNO. The Balaban J connectivity index is 2.83. The van der Waals surface area contributed by atoms with Crippen LogP contribution in [0.3, 0.4) is 0 Å². The molecule has 0 saturated carbocycles. The summed E-state index contributed by atoms with van der Waals surface area (Å²) < 4.78 is 18.0. The number of hydrogen-bond donors (Lipinski definition) is 1. The second-order valence-corrected chi connectivity index (χ2v) is 2.52. The number of methoxy groups -OCH3 is 1. The van der Waals surface area contributed by atoms with Crippen molar-refractivity contribution in [2.24, 2.45) is 0 Å². The van der Waals surface area contributed by atoms with Crippen LogP contribution in [-0.4, -0.2) is 13.7 Å². The van der Waals surface area contributed by atoms with Crippen LogP contribution < -0.4 is 10.1 Å². The van der Waals surface area contributed by atoms with Crippen molar-refractivity contribution in [3.63, 3.8) is 0 Å². The molecule has 0 aromatic heterocycles. The maximum Gasteiger partial charge on any atom is 0.146 e. The Kier molecular flexibility index (Phi) is 3.31. The maximum absolute atomic E-state index is 13.1. The molecule has 0 unspecified atom stereocenters. The largest absolute Gasteiger partial charge is 0.497 e. The van der Waals surface area contributed by atoms with E-state index in [9.17, 15) is 4.39 Å². The van der Waals surface area contributed by atoms with Gasteiger partial charge < -0.3 is 10.1 Å². The van der Waals surface area contributed by atoms with Crippen molar-refractivity contribution in [1.82, 2.24) is 0 Å². The topological polar surface area (TPSA) is 21.3 Å². The number of hydrogen-bond acceptors (Lipinski definition) is 2. The van der Waals surface area contributed by atoms with Crippen molar-refractivity contribution in [3.8, 4) is 5.75 Å². The van der Waals surface area contributed by atoms with Crippen LogP contribution in [0.1, 0.15) is 0 Å². The normalized spacial score (nSPS) is 9.38. The Morgan fingerprint density at radius 3 is 3.00 bits per heavy atom. The summed E-state index contributed by atoms with van der Waals surface area (Å²) in [6.45, 7) is 4.06. The first-order valence-corrected chi connectivity index (χ1v) is 3.96. The van der Waals surface area contributed by atoms with Gasteiger partial charge in [0.1, 0.15) is 11.6 Å². The van der Waals surface area contributed by atoms with Gasteiger partial charge in [0.2, 0.25) is 0 Å². The zero-order valence-corrected chi connectivity index (χ0v) is 7.51. The molecule has 1 aromatic rings. The molecule has 0 amide bonds. The lowest BCUT2D eigenvalue weighted by molar-refractivity contribution is 0.414. The summed E-state index contributed by atoms with van der Waals surface area (Å²) in [5.41, 5.74) is 0.430. The Morgan fingerprint density at radius 1 is 1.62 bits per heavy atom. The number of halogens is 1. The number of nitrogens with one attached hydrogen (secondary N) is 1. The van der Waals surface area contributed by atoms with Gasteiger partial charge >= 0.3 is 0 Å². The van der Waals surface area contributed by atoms with Crippen LogP contribution in [0.15, 0.2) is 30.9 Å². The van der Waals surface area contributed by atoms with Gasteiger partial charge in [-0.15, -0.1) is 6.58 Å². The number of rotatable bonds is 4. The van der Waals surface area contributed by atoms with E-state index in [2.05, 4.69) is 11.9 Å². The molecule has 1 aromatic carbocycles. The second kappa shape index (κ2) is 4.50. The molecule has 0 heterocycles. The first-order valence-electron chi connectivity index (χ1n) is 3.96. The van der Waals surface area contributed by atoms with E-state index in [-0.39, 0.29) is 5.82 Å². The minimum atomic E-state index is -0.289.